The lowest BCUT2D eigenvalue weighted by molar-refractivity contribution is -0.124. The molecule has 10 nitrogen and oxygen atoms in total. The summed E-state index contributed by atoms with van der Waals surface area (Å²) in [5, 5.41) is 15.2. The van der Waals surface area contributed by atoms with Crippen LogP contribution in [0.4, 0.5) is 5.13 Å². The second kappa shape index (κ2) is 17.4. The summed E-state index contributed by atoms with van der Waals surface area (Å²) >= 11 is 3.06. The highest BCUT2D eigenvalue weighted by Gasteiger charge is 2.34. The summed E-state index contributed by atoms with van der Waals surface area (Å²) in [6, 6.07) is 13.7. The van der Waals surface area contributed by atoms with Crippen LogP contribution in [-0.2, 0) is 22.4 Å². The first-order valence-electron chi connectivity index (χ1n) is 14.8. The van der Waals surface area contributed by atoms with Gasteiger partial charge in [-0.15, -0.1) is 16.8 Å². The maximum Gasteiger partial charge on any atom is 0.233 e. The van der Waals surface area contributed by atoms with E-state index in [9.17, 15) is 4.79 Å². The summed E-state index contributed by atoms with van der Waals surface area (Å²) in [6.07, 6.45) is 3.09. The first-order chi connectivity index (χ1) is 21.4. The number of rotatable bonds is 18. The molecule has 1 aliphatic rings. The van der Waals surface area contributed by atoms with Gasteiger partial charge >= 0.3 is 0 Å². The van der Waals surface area contributed by atoms with Gasteiger partial charge in [0.25, 0.3) is 0 Å². The molecule has 1 aromatic heterocycles. The van der Waals surface area contributed by atoms with Crippen LogP contribution in [0.2, 0.25) is 0 Å². The van der Waals surface area contributed by atoms with E-state index in [2.05, 4.69) is 32.3 Å². The Hall–Kier alpha value is -3.16. The molecule has 0 spiro atoms. The number of hydrogen-bond acceptors (Lipinski definition) is 11. The van der Waals surface area contributed by atoms with Gasteiger partial charge < -0.3 is 24.3 Å². The molecule has 238 valence electrons. The van der Waals surface area contributed by atoms with E-state index in [1.807, 2.05) is 62.5 Å². The third kappa shape index (κ3) is 9.93. The Balaban J connectivity index is 1.30. The van der Waals surface area contributed by atoms with Crippen molar-refractivity contribution in [1.82, 2.24) is 20.4 Å². The number of carbonyl (C=O) groups is 1. The first-order valence-corrected chi connectivity index (χ1v) is 16.6. The van der Waals surface area contributed by atoms with E-state index >= 15 is 0 Å². The summed E-state index contributed by atoms with van der Waals surface area (Å²) < 4.78 is 23.8. The SMILES string of the molecule is C=CCc1ccccc1OCCOc1ccc(C[C@@](C)(CNC)C(=O)Nc2nnc(SCCN3CCOCC3)s2)cc1OC. The number of morpholine rings is 1. The second-order valence-corrected chi connectivity index (χ2v) is 13.0. The van der Waals surface area contributed by atoms with Crippen molar-refractivity contribution < 1.29 is 23.7 Å². The predicted octanol–water partition coefficient (Wildman–Crippen LogP) is 4.56. The van der Waals surface area contributed by atoms with Crippen LogP contribution in [0.3, 0.4) is 0 Å². The quantitative estimate of drug-likeness (QED) is 0.0889. The fraction of sp³-hybridized carbons (Fsp3) is 0.469. The third-order valence-corrected chi connectivity index (χ3v) is 9.19. The number of nitrogens with zero attached hydrogens (tertiary/aromatic N) is 3. The van der Waals surface area contributed by atoms with E-state index in [0.717, 1.165) is 66.2 Å². The maximum absolute atomic E-state index is 13.5. The molecule has 0 saturated carbocycles. The number of carbonyl (C=O) groups excluding carboxylic acids is 1. The second-order valence-electron chi connectivity index (χ2n) is 10.7. The Morgan fingerprint density at radius 1 is 1.14 bits per heavy atom. The van der Waals surface area contributed by atoms with Crippen molar-refractivity contribution in [2.75, 3.05) is 77.8 Å². The maximum atomic E-state index is 13.5. The number of allylic oxidation sites excluding steroid dienone is 1. The van der Waals surface area contributed by atoms with Gasteiger partial charge in [0.15, 0.2) is 15.8 Å². The average Bonchev–Trinajstić information content (AvgIpc) is 3.48. The molecule has 0 aliphatic carbocycles. The molecule has 44 heavy (non-hydrogen) atoms. The molecule has 0 bridgehead atoms. The fourth-order valence-corrected chi connectivity index (χ4v) is 6.75. The number of benzene rings is 2. The first kappa shape index (κ1) is 33.7. The Labute approximate surface area is 268 Å². The fourth-order valence-electron chi connectivity index (χ4n) is 4.93. The van der Waals surface area contributed by atoms with Crippen molar-refractivity contribution in [3.63, 3.8) is 0 Å². The number of anilines is 1. The lowest BCUT2D eigenvalue weighted by atomic mass is 9.82. The Bertz CT molecular complexity index is 1350. The average molecular weight is 642 g/mol. The van der Waals surface area contributed by atoms with Crippen LogP contribution in [0.15, 0.2) is 59.5 Å². The summed E-state index contributed by atoms with van der Waals surface area (Å²) in [4.78, 5) is 15.9. The molecular formula is C32H43N5O5S2. The molecule has 1 atom stereocenters. The van der Waals surface area contributed by atoms with Crippen LogP contribution in [-0.4, -0.2) is 93.5 Å². The number of nitrogens with one attached hydrogen (secondary N) is 2. The molecule has 1 fully saturated rings. The molecule has 3 aromatic rings. The molecular weight excluding hydrogens is 599 g/mol. The third-order valence-electron chi connectivity index (χ3n) is 7.24. The highest BCUT2D eigenvalue weighted by molar-refractivity contribution is 8.01. The van der Waals surface area contributed by atoms with Gasteiger partial charge in [-0.3, -0.25) is 15.0 Å². The van der Waals surface area contributed by atoms with Crippen LogP contribution in [0.25, 0.3) is 0 Å². The van der Waals surface area contributed by atoms with Crippen LogP contribution >= 0.6 is 23.1 Å². The lowest BCUT2D eigenvalue weighted by Gasteiger charge is -2.28. The molecule has 12 heteroatoms. The van der Waals surface area contributed by atoms with Gasteiger partial charge in [-0.1, -0.05) is 53.4 Å². The molecule has 4 rings (SSSR count). The number of ether oxygens (including phenoxy) is 4. The van der Waals surface area contributed by atoms with E-state index in [1.165, 1.54) is 11.3 Å². The highest BCUT2D eigenvalue weighted by Crippen LogP contribution is 2.33. The monoisotopic (exact) mass is 641 g/mol. The lowest BCUT2D eigenvalue weighted by Crippen LogP contribution is -2.42. The minimum Gasteiger partial charge on any atom is -0.493 e. The van der Waals surface area contributed by atoms with Gasteiger partial charge in [0.2, 0.25) is 11.0 Å². The summed E-state index contributed by atoms with van der Waals surface area (Å²) in [7, 11) is 3.45. The van der Waals surface area contributed by atoms with Crippen LogP contribution in [0.1, 0.15) is 18.1 Å². The van der Waals surface area contributed by atoms with Crippen molar-refractivity contribution in [3.8, 4) is 17.2 Å². The molecule has 1 aliphatic heterocycles. The zero-order valence-electron chi connectivity index (χ0n) is 25.8. The minimum absolute atomic E-state index is 0.124. The zero-order chi connectivity index (χ0) is 31.2. The van der Waals surface area contributed by atoms with Gasteiger partial charge in [0, 0.05) is 31.9 Å². The van der Waals surface area contributed by atoms with E-state index < -0.39 is 5.41 Å². The number of para-hydroxylation sites is 1. The van der Waals surface area contributed by atoms with Gasteiger partial charge in [-0.2, -0.15) is 0 Å². The van der Waals surface area contributed by atoms with Gasteiger partial charge in [0.1, 0.15) is 19.0 Å². The van der Waals surface area contributed by atoms with E-state index in [4.69, 9.17) is 18.9 Å². The van der Waals surface area contributed by atoms with Crippen LogP contribution in [0, 0.1) is 5.41 Å². The van der Waals surface area contributed by atoms with E-state index in [0.29, 0.717) is 42.8 Å². The molecule has 2 aromatic carbocycles. The topological polar surface area (TPSA) is 107 Å². The van der Waals surface area contributed by atoms with Crippen molar-refractivity contribution in [3.05, 3.63) is 66.2 Å². The summed E-state index contributed by atoms with van der Waals surface area (Å²) in [5.41, 5.74) is 1.29. The molecule has 1 amide bonds. The molecule has 0 unspecified atom stereocenters. The summed E-state index contributed by atoms with van der Waals surface area (Å²) in [6.45, 7) is 11.5. The smallest absolute Gasteiger partial charge is 0.233 e. The molecule has 1 saturated heterocycles. The van der Waals surface area contributed by atoms with Crippen molar-refractivity contribution >= 4 is 34.1 Å². The Morgan fingerprint density at radius 2 is 1.91 bits per heavy atom. The Morgan fingerprint density at radius 3 is 2.66 bits per heavy atom. The predicted molar refractivity (Wildman–Crippen MR) is 177 cm³/mol. The van der Waals surface area contributed by atoms with Crippen molar-refractivity contribution in [1.29, 1.82) is 0 Å². The zero-order valence-corrected chi connectivity index (χ0v) is 27.4. The number of amides is 1. The number of hydrogen-bond donors (Lipinski definition) is 2. The van der Waals surface area contributed by atoms with Gasteiger partial charge in [0.05, 0.1) is 25.7 Å². The highest BCUT2D eigenvalue weighted by atomic mass is 32.2. The molecule has 2 heterocycles. The largest absolute Gasteiger partial charge is 0.493 e. The number of methoxy groups -OCH3 is 1. The number of aromatic nitrogens is 2. The standard InChI is InChI=1S/C32H43N5O5S2/c1-5-8-25-9-6-7-10-26(25)41-18-19-42-27-12-11-24(21-28(27)39-4)22-32(2,23-33-3)29(38)34-30-35-36-31(44-30)43-20-15-37-13-16-40-17-14-37/h5-7,9-12,21,33H,1,8,13-20,22-23H2,2-4H3,(H,34,35,38)/t32-/m0/s1. The van der Waals surface area contributed by atoms with E-state index in [-0.39, 0.29) is 5.91 Å². The molecule has 2 N–H and O–H groups in total. The van der Waals surface area contributed by atoms with Crippen molar-refractivity contribution in [2.45, 2.75) is 24.1 Å². The van der Waals surface area contributed by atoms with Crippen LogP contribution < -0.4 is 24.8 Å². The van der Waals surface area contributed by atoms with Crippen molar-refractivity contribution in [2.24, 2.45) is 5.41 Å². The summed E-state index contributed by atoms with van der Waals surface area (Å²) in [5.74, 6) is 2.84. The van der Waals surface area contributed by atoms with E-state index in [1.54, 1.807) is 18.9 Å². The van der Waals surface area contributed by atoms with Crippen LogP contribution in [0.5, 0.6) is 17.2 Å². The Kier molecular flexibility index (Phi) is 13.3. The molecule has 0 radical (unpaired) electrons. The normalized spacial score (nSPS) is 14.9. The van der Waals surface area contributed by atoms with Gasteiger partial charge in [-0.05, 0) is 56.1 Å². The number of thioether (sulfide) groups is 1. The minimum atomic E-state index is -0.746. The van der Waals surface area contributed by atoms with Gasteiger partial charge in [-0.25, -0.2) is 0 Å².